The van der Waals surface area contributed by atoms with Crippen LogP contribution in [0.3, 0.4) is 0 Å². The van der Waals surface area contributed by atoms with Crippen molar-refractivity contribution in [3.63, 3.8) is 0 Å². The Morgan fingerprint density at radius 1 is 1.16 bits per heavy atom. The van der Waals surface area contributed by atoms with E-state index in [-0.39, 0.29) is 0 Å². The van der Waals surface area contributed by atoms with E-state index in [9.17, 15) is 0 Å². The molecule has 2 atom stereocenters. The van der Waals surface area contributed by atoms with Crippen LogP contribution in [0.15, 0.2) is 71.4 Å². The number of hydrogen-bond acceptors (Lipinski definition) is 3. The molecule has 4 rings (SSSR count). The highest BCUT2D eigenvalue weighted by Gasteiger charge is 2.43. The molecule has 0 amide bonds. The van der Waals surface area contributed by atoms with E-state index in [4.69, 9.17) is 4.99 Å². The molecular formula is C29H41N3. The Bertz CT molecular complexity index is 856. The summed E-state index contributed by atoms with van der Waals surface area (Å²) in [6, 6.07) is 11.3. The lowest BCUT2D eigenvalue weighted by Gasteiger charge is -2.50. The Labute approximate surface area is 195 Å². The number of amidine groups is 1. The second kappa shape index (κ2) is 10.6. The molecule has 1 aliphatic carbocycles. The number of nitrogens with one attached hydrogen (secondary N) is 1. The molecular weight excluding hydrogens is 390 g/mol. The van der Waals surface area contributed by atoms with Gasteiger partial charge in [0, 0.05) is 30.9 Å². The second-order valence-corrected chi connectivity index (χ2v) is 10.1. The van der Waals surface area contributed by atoms with Gasteiger partial charge in [0.15, 0.2) is 0 Å². The molecule has 2 fully saturated rings. The zero-order valence-corrected chi connectivity index (χ0v) is 20.2. The van der Waals surface area contributed by atoms with Crippen molar-refractivity contribution in [3.05, 3.63) is 72.0 Å². The molecule has 2 heterocycles. The first-order valence-electron chi connectivity index (χ1n) is 12.8. The van der Waals surface area contributed by atoms with Crippen LogP contribution in [0.5, 0.6) is 0 Å². The maximum absolute atomic E-state index is 4.73. The molecule has 3 heteroatoms. The summed E-state index contributed by atoms with van der Waals surface area (Å²) >= 11 is 0. The molecule has 0 bridgehead atoms. The summed E-state index contributed by atoms with van der Waals surface area (Å²) < 4.78 is 0. The van der Waals surface area contributed by atoms with Gasteiger partial charge in [-0.3, -0.25) is 4.99 Å². The third-order valence-corrected chi connectivity index (χ3v) is 7.86. The molecule has 2 unspecified atom stereocenters. The summed E-state index contributed by atoms with van der Waals surface area (Å²) in [5.74, 6) is 2.59. The van der Waals surface area contributed by atoms with Gasteiger partial charge >= 0.3 is 0 Å². The molecule has 1 aromatic rings. The van der Waals surface area contributed by atoms with Gasteiger partial charge in [-0.25, -0.2) is 0 Å². The van der Waals surface area contributed by atoms with Gasteiger partial charge in [-0.05, 0) is 67.9 Å². The maximum atomic E-state index is 4.73. The Morgan fingerprint density at radius 2 is 1.94 bits per heavy atom. The molecule has 32 heavy (non-hydrogen) atoms. The van der Waals surface area contributed by atoms with Crippen molar-refractivity contribution in [3.8, 4) is 0 Å². The Kier molecular flexibility index (Phi) is 7.55. The lowest BCUT2D eigenvalue weighted by Crippen LogP contribution is -2.44. The van der Waals surface area contributed by atoms with Gasteiger partial charge in [0.05, 0.1) is 6.54 Å². The number of aliphatic imine (C=N–C) groups is 1. The zero-order valence-electron chi connectivity index (χ0n) is 20.2. The SMILES string of the molecule is C=C(C1=CC=CCN=C1NCC)N1CCC2(CC1)CC(CCC)CC(c1ccccc1)C2. The summed E-state index contributed by atoms with van der Waals surface area (Å²) in [5.41, 5.74) is 4.34. The number of allylic oxidation sites excluding steroid dienone is 2. The molecule has 1 saturated heterocycles. The first kappa shape index (κ1) is 22.9. The quantitative estimate of drug-likeness (QED) is 0.559. The minimum absolute atomic E-state index is 0.492. The van der Waals surface area contributed by atoms with E-state index in [1.807, 2.05) is 0 Å². The van der Waals surface area contributed by atoms with E-state index in [1.165, 1.54) is 44.9 Å². The van der Waals surface area contributed by atoms with Crippen molar-refractivity contribution in [1.29, 1.82) is 0 Å². The minimum atomic E-state index is 0.492. The van der Waals surface area contributed by atoms with Gasteiger partial charge < -0.3 is 10.2 Å². The summed E-state index contributed by atoms with van der Waals surface area (Å²) in [6.07, 6.45) is 15.8. The maximum Gasteiger partial charge on any atom is 0.130 e. The predicted octanol–water partition coefficient (Wildman–Crippen LogP) is 6.47. The highest BCUT2D eigenvalue weighted by molar-refractivity contribution is 6.02. The third kappa shape index (κ3) is 5.19. The zero-order chi connectivity index (χ0) is 22.4. The Morgan fingerprint density at radius 3 is 2.66 bits per heavy atom. The van der Waals surface area contributed by atoms with Crippen LogP contribution in [0.4, 0.5) is 0 Å². The molecule has 1 aromatic carbocycles. The number of piperidine rings is 1. The smallest absolute Gasteiger partial charge is 0.130 e. The lowest BCUT2D eigenvalue weighted by atomic mass is 9.59. The molecule has 0 radical (unpaired) electrons. The topological polar surface area (TPSA) is 27.6 Å². The van der Waals surface area contributed by atoms with E-state index in [1.54, 1.807) is 5.56 Å². The van der Waals surface area contributed by atoms with Crippen molar-refractivity contribution in [2.75, 3.05) is 26.2 Å². The summed E-state index contributed by atoms with van der Waals surface area (Å²) in [6.45, 7) is 12.8. The van der Waals surface area contributed by atoms with Crippen molar-refractivity contribution in [2.45, 2.75) is 64.7 Å². The highest BCUT2D eigenvalue weighted by atomic mass is 15.2. The van der Waals surface area contributed by atoms with Crippen LogP contribution < -0.4 is 5.32 Å². The van der Waals surface area contributed by atoms with E-state index in [0.29, 0.717) is 5.41 Å². The van der Waals surface area contributed by atoms with E-state index < -0.39 is 0 Å². The monoisotopic (exact) mass is 431 g/mol. The van der Waals surface area contributed by atoms with Crippen molar-refractivity contribution >= 4 is 5.84 Å². The van der Waals surface area contributed by atoms with Crippen LogP contribution in [0, 0.1) is 11.3 Å². The Balaban J connectivity index is 1.46. The predicted molar refractivity (Wildman–Crippen MR) is 137 cm³/mol. The largest absolute Gasteiger partial charge is 0.371 e. The molecule has 2 aliphatic heterocycles. The van der Waals surface area contributed by atoms with Gasteiger partial charge in [0.1, 0.15) is 5.84 Å². The number of benzene rings is 1. The van der Waals surface area contributed by atoms with Gasteiger partial charge in [0.2, 0.25) is 0 Å². The molecule has 3 nitrogen and oxygen atoms in total. The molecule has 1 spiro atoms. The normalized spacial score (nSPS) is 25.1. The minimum Gasteiger partial charge on any atom is -0.371 e. The fraction of sp³-hybridized carbons (Fsp3) is 0.552. The summed E-state index contributed by atoms with van der Waals surface area (Å²) in [4.78, 5) is 7.25. The van der Waals surface area contributed by atoms with Gasteiger partial charge in [0.25, 0.3) is 0 Å². The fourth-order valence-corrected chi connectivity index (χ4v) is 6.31. The second-order valence-electron chi connectivity index (χ2n) is 10.1. The van der Waals surface area contributed by atoms with Crippen LogP contribution in [0.2, 0.25) is 0 Å². The van der Waals surface area contributed by atoms with Gasteiger partial charge in [-0.2, -0.15) is 0 Å². The first-order valence-corrected chi connectivity index (χ1v) is 12.8. The molecule has 3 aliphatic rings. The van der Waals surface area contributed by atoms with Crippen LogP contribution >= 0.6 is 0 Å². The van der Waals surface area contributed by atoms with E-state index in [2.05, 4.69) is 79.2 Å². The van der Waals surface area contributed by atoms with Crippen molar-refractivity contribution in [1.82, 2.24) is 10.2 Å². The molecule has 1 saturated carbocycles. The van der Waals surface area contributed by atoms with Gasteiger partial charge in [-0.1, -0.05) is 68.8 Å². The molecule has 172 valence electrons. The summed E-state index contributed by atoms with van der Waals surface area (Å²) in [5, 5.41) is 3.45. The lowest BCUT2D eigenvalue weighted by molar-refractivity contribution is 0.0453. The number of hydrogen-bond donors (Lipinski definition) is 1. The number of likely N-dealkylation sites (tertiary alicyclic amines) is 1. The molecule has 0 aromatic heterocycles. The third-order valence-electron chi connectivity index (χ3n) is 7.86. The van der Waals surface area contributed by atoms with E-state index >= 15 is 0 Å². The van der Waals surface area contributed by atoms with Crippen molar-refractivity contribution < 1.29 is 0 Å². The summed E-state index contributed by atoms with van der Waals surface area (Å²) in [7, 11) is 0. The van der Waals surface area contributed by atoms with Crippen LogP contribution in [-0.2, 0) is 0 Å². The fourth-order valence-electron chi connectivity index (χ4n) is 6.31. The number of likely N-dealkylation sites (N-methyl/N-ethyl adjacent to an activating group) is 1. The van der Waals surface area contributed by atoms with Crippen molar-refractivity contribution in [2.24, 2.45) is 16.3 Å². The highest BCUT2D eigenvalue weighted by Crippen LogP contribution is 2.53. The van der Waals surface area contributed by atoms with Crippen LogP contribution in [0.25, 0.3) is 0 Å². The standard InChI is InChI=1S/C29H41N3/c1-4-11-24-20-26(25-12-7-6-8-13-25)22-29(21-24)15-18-32(19-16-29)23(3)27-14-9-10-17-31-28(27)30-5-2/h6-10,12-14,24,26H,3-5,11,15-22H2,1-2H3,(H,30,31). The van der Waals surface area contributed by atoms with E-state index in [0.717, 1.165) is 55.1 Å². The number of nitrogens with zero attached hydrogens (tertiary/aromatic N) is 2. The van der Waals surface area contributed by atoms with Crippen LogP contribution in [-0.4, -0.2) is 36.9 Å². The Hall–Kier alpha value is -2.29. The first-order chi connectivity index (χ1) is 15.6. The van der Waals surface area contributed by atoms with Gasteiger partial charge in [-0.15, -0.1) is 0 Å². The molecule has 1 N–H and O–H groups in total. The average molecular weight is 432 g/mol. The average Bonchev–Trinajstić information content (AvgIpc) is 3.05. The number of rotatable bonds is 6. The van der Waals surface area contributed by atoms with Crippen LogP contribution in [0.1, 0.15) is 70.3 Å².